The van der Waals surface area contributed by atoms with Crippen molar-refractivity contribution < 1.29 is 9.53 Å². The molecular weight excluding hydrogens is 452 g/mol. The summed E-state index contributed by atoms with van der Waals surface area (Å²) in [5, 5.41) is 8.67. The summed E-state index contributed by atoms with van der Waals surface area (Å²) in [7, 11) is 0. The van der Waals surface area contributed by atoms with Gasteiger partial charge in [-0.25, -0.2) is 14.6 Å². The second-order valence-corrected chi connectivity index (χ2v) is 9.63. The van der Waals surface area contributed by atoms with E-state index in [9.17, 15) is 4.79 Å². The highest BCUT2D eigenvalue weighted by Gasteiger charge is 2.27. The van der Waals surface area contributed by atoms with Crippen LogP contribution in [0.5, 0.6) is 5.75 Å². The number of fused-ring (bicyclic) bond motifs is 1. The first-order valence-electron chi connectivity index (χ1n) is 12.5. The molecule has 0 radical (unpaired) electrons. The van der Waals surface area contributed by atoms with E-state index in [2.05, 4.69) is 44.3 Å². The highest BCUT2D eigenvalue weighted by molar-refractivity contribution is 5.87. The minimum Gasteiger partial charge on any atom is -0.491 e. The molecular formula is C28H32N6O2. The molecule has 1 amide bonds. The van der Waals surface area contributed by atoms with Crippen LogP contribution in [0.3, 0.4) is 0 Å². The van der Waals surface area contributed by atoms with E-state index in [4.69, 9.17) is 4.74 Å². The van der Waals surface area contributed by atoms with Crippen molar-refractivity contribution >= 4 is 22.8 Å². The Morgan fingerprint density at radius 3 is 2.47 bits per heavy atom. The zero-order valence-electron chi connectivity index (χ0n) is 21.0. The average molecular weight is 485 g/mol. The number of hydrogen-bond acceptors (Lipinski definition) is 6. The molecule has 186 valence electrons. The molecule has 2 aromatic carbocycles. The molecule has 1 aliphatic rings. The molecule has 5 rings (SSSR count). The Morgan fingerprint density at radius 2 is 1.78 bits per heavy atom. The molecule has 1 saturated heterocycles. The molecule has 3 heterocycles. The van der Waals surface area contributed by atoms with Crippen LogP contribution in [0.15, 0.2) is 61.1 Å². The van der Waals surface area contributed by atoms with Crippen molar-refractivity contribution in [2.24, 2.45) is 5.92 Å². The molecule has 1 N–H and O–H groups in total. The molecule has 0 spiro atoms. The molecule has 36 heavy (non-hydrogen) atoms. The van der Waals surface area contributed by atoms with Gasteiger partial charge >= 0.3 is 0 Å². The van der Waals surface area contributed by atoms with Crippen LogP contribution in [0.1, 0.15) is 37.8 Å². The first-order chi connectivity index (χ1) is 17.5. The maximum absolute atomic E-state index is 12.8. The first kappa shape index (κ1) is 23.8. The number of aryl methyl sites for hydroxylation is 1. The number of ether oxygens (including phenoxy) is 1. The van der Waals surface area contributed by atoms with E-state index in [0.717, 1.165) is 54.1 Å². The Kier molecular flexibility index (Phi) is 6.84. The van der Waals surface area contributed by atoms with Gasteiger partial charge < -0.3 is 15.0 Å². The van der Waals surface area contributed by atoms with Crippen molar-refractivity contribution in [3.05, 3.63) is 72.2 Å². The summed E-state index contributed by atoms with van der Waals surface area (Å²) in [6.45, 7) is 8.13. The number of carbonyl (C=O) groups is 1. The number of carbonyl (C=O) groups excluding carboxylic acids is 1. The van der Waals surface area contributed by atoms with Crippen LogP contribution in [0.2, 0.25) is 0 Å². The Balaban J connectivity index is 1.19. The second-order valence-electron chi connectivity index (χ2n) is 9.63. The van der Waals surface area contributed by atoms with E-state index in [1.807, 2.05) is 61.1 Å². The third-order valence-electron chi connectivity index (χ3n) is 6.52. The Bertz CT molecular complexity index is 1320. The molecule has 4 aromatic rings. The Hall–Kier alpha value is -3.94. The molecule has 0 bridgehead atoms. The zero-order valence-corrected chi connectivity index (χ0v) is 21.0. The molecule has 0 unspecified atom stereocenters. The fourth-order valence-electron chi connectivity index (χ4n) is 4.55. The lowest BCUT2D eigenvalue weighted by molar-refractivity contribution is -0.125. The van der Waals surface area contributed by atoms with Crippen molar-refractivity contribution in [2.45, 2.75) is 46.3 Å². The van der Waals surface area contributed by atoms with Gasteiger partial charge in [0.05, 0.1) is 17.2 Å². The van der Waals surface area contributed by atoms with Crippen LogP contribution < -0.4 is 15.0 Å². The summed E-state index contributed by atoms with van der Waals surface area (Å²) in [6, 6.07) is 16.1. The van der Waals surface area contributed by atoms with Crippen molar-refractivity contribution in [3.63, 3.8) is 0 Å². The second kappa shape index (κ2) is 10.4. The van der Waals surface area contributed by atoms with Crippen molar-refractivity contribution in [2.75, 3.05) is 18.0 Å². The fraction of sp³-hybridized carbons (Fsp3) is 0.357. The summed E-state index contributed by atoms with van der Waals surface area (Å²) < 4.78 is 7.54. The van der Waals surface area contributed by atoms with Gasteiger partial charge in [0, 0.05) is 31.7 Å². The van der Waals surface area contributed by atoms with Crippen LogP contribution in [0, 0.1) is 12.8 Å². The van der Waals surface area contributed by atoms with Crippen LogP contribution in [-0.4, -0.2) is 44.8 Å². The SMILES string of the molecule is Cc1ccc(-n2cc3c(N4CCC(C(=O)NCc5ccc(OC(C)C)cc5)CC4)ncnc3n2)cc1. The number of anilines is 1. The van der Waals surface area contributed by atoms with Crippen molar-refractivity contribution in [3.8, 4) is 11.4 Å². The lowest BCUT2D eigenvalue weighted by Crippen LogP contribution is -2.40. The average Bonchev–Trinajstić information content (AvgIpc) is 3.33. The number of nitrogens with one attached hydrogen (secondary N) is 1. The molecule has 1 aliphatic heterocycles. The maximum Gasteiger partial charge on any atom is 0.223 e. The van der Waals surface area contributed by atoms with Gasteiger partial charge in [0.2, 0.25) is 5.91 Å². The number of rotatable bonds is 7. The van der Waals surface area contributed by atoms with Crippen LogP contribution in [0.4, 0.5) is 5.82 Å². The fourth-order valence-corrected chi connectivity index (χ4v) is 4.55. The van der Waals surface area contributed by atoms with E-state index in [1.165, 1.54) is 5.56 Å². The Morgan fingerprint density at radius 1 is 1.06 bits per heavy atom. The van der Waals surface area contributed by atoms with Gasteiger partial charge in [0.25, 0.3) is 0 Å². The van der Waals surface area contributed by atoms with Gasteiger partial charge in [-0.15, -0.1) is 5.10 Å². The van der Waals surface area contributed by atoms with Gasteiger partial charge in [-0.1, -0.05) is 29.8 Å². The number of benzene rings is 2. The molecule has 0 saturated carbocycles. The minimum atomic E-state index is -0.00240. The molecule has 0 atom stereocenters. The largest absolute Gasteiger partial charge is 0.491 e. The van der Waals surface area contributed by atoms with Gasteiger partial charge in [-0.05, 0) is 63.4 Å². The third kappa shape index (κ3) is 5.32. The van der Waals surface area contributed by atoms with Crippen molar-refractivity contribution in [1.82, 2.24) is 25.1 Å². The van der Waals surface area contributed by atoms with Gasteiger partial charge in [0.15, 0.2) is 5.65 Å². The first-order valence-corrected chi connectivity index (χ1v) is 12.5. The molecule has 0 aliphatic carbocycles. The normalized spacial score (nSPS) is 14.4. The number of nitrogens with zero attached hydrogens (tertiary/aromatic N) is 5. The highest BCUT2D eigenvalue weighted by atomic mass is 16.5. The maximum atomic E-state index is 12.8. The van der Waals surface area contributed by atoms with Crippen LogP contribution >= 0.6 is 0 Å². The predicted octanol–water partition coefficient (Wildman–Crippen LogP) is 4.44. The summed E-state index contributed by atoms with van der Waals surface area (Å²) in [4.78, 5) is 24.0. The predicted molar refractivity (Wildman–Crippen MR) is 140 cm³/mol. The van der Waals surface area contributed by atoms with Gasteiger partial charge in [0.1, 0.15) is 17.9 Å². The highest BCUT2D eigenvalue weighted by Crippen LogP contribution is 2.28. The van der Waals surface area contributed by atoms with Crippen LogP contribution in [0.25, 0.3) is 16.7 Å². The van der Waals surface area contributed by atoms with Crippen LogP contribution in [-0.2, 0) is 11.3 Å². The monoisotopic (exact) mass is 484 g/mol. The summed E-state index contributed by atoms with van der Waals surface area (Å²) >= 11 is 0. The van der Waals surface area contributed by atoms with Gasteiger partial charge in [-0.3, -0.25) is 4.79 Å². The van der Waals surface area contributed by atoms with E-state index in [0.29, 0.717) is 12.2 Å². The topological polar surface area (TPSA) is 85.2 Å². The molecule has 2 aromatic heterocycles. The quantitative estimate of drug-likeness (QED) is 0.417. The minimum absolute atomic E-state index is 0.00240. The molecule has 1 fully saturated rings. The number of aromatic nitrogens is 4. The number of hydrogen-bond donors (Lipinski definition) is 1. The van der Waals surface area contributed by atoms with E-state index in [-0.39, 0.29) is 17.9 Å². The zero-order chi connectivity index (χ0) is 25.1. The third-order valence-corrected chi connectivity index (χ3v) is 6.52. The lowest BCUT2D eigenvalue weighted by atomic mass is 9.95. The van der Waals surface area contributed by atoms with Gasteiger partial charge in [-0.2, -0.15) is 0 Å². The summed E-state index contributed by atoms with van der Waals surface area (Å²) in [6.07, 6.45) is 5.27. The Labute approximate surface area is 211 Å². The number of amides is 1. The lowest BCUT2D eigenvalue weighted by Gasteiger charge is -2.32. The summed E-state index contributed by atoms with van der Waals surface area (Å²) in [5.74, 6) is 1.83. The standard InChI is InChI=1S/C28H32N6O2/c1-19(2)36-24-10-6-21(7-11-24)16-29-28(35)22-12-14-33(15-13-22)27-25-17-34(32-26(25)30-18-31-27)23-8-4-20(3)5-9-23/h4-11,17-19,22H,12-16H2,1-3H3,(H,29,35). The molecule has 8 nitrogen and oxygen atoms in total. The van der Waals surface area contributed by atoms with Crippen molar-refractivity contribution in [1.29, 1.82) is 0 Å². The smallest absolute Gasteiger partial charge is 0.223 e. The van der Waals surface area contributed by atoms with E-state index < -0.39 is 0 Å². The summed E-state index contributed by atoms with van der Waals surface area (Å²) in [5.41, 5.74) is 3.93. The van der Waals surface area contributed by atoms with E-state index in [1.54, 1.807) is 6.33 Å². The molecule has 8 heteroatoms. The number of piperidine rings is 1. The van der Waals surface area contributed by atoms with E-state index >= 15 is 0 Å².